The SMILES string of the molecule is [CH2]c1cccc(F)c1Cc1ccccc1. The van der Waals surface area contributed by atoms with E-state index in [-0.39, 0.29) is 5.82 Å². The molecule has 0 unspecified atom stereocenters. The molecule has 2 aromatic carbocycles. The van der Waals surface area contributed by atoms with Crippen LogP contribution in [-0.4, -0.2) is 0 Å². The highest BCUT2D eigenvalue weighted by Gasteiger charge is 2.05. The molecule has 0 bridgehead atoms. The Kier molecular flexibility index (Phi) is 2.82. The van der Waals surface area contributed by atoms with Crippen molar-refractivity contribution in [1.82, 2.24) is 0 Å². The zero-order valence-electron chi connectivity index (χ0n) is 8.41. The third kappa shape index (κ3) is 2.24. The summed E-state index contributed by atoms with van der Waals surface area (Å²) in [6.07, 6.45) is 0.604. The van der Waals surface area contributed by atoms with Gasteiger partial charge in [0, 0.05) is 6.42 Å². The molecule has 75 valence electrons. The molecular weight excluding hydrogens is 187 g/mol. The van der Waals surface area contributed by atoms with Crippen LogP contribution < -0.4 is 0 Å². The average Bonchev–Trinajstić information content (AvgIpc) is 2.25. The second-order valence-electron chi connectivity index (χ2n) is 3.54. The topological polar surface area (TPSA) is 0 Å². The van der Waals surface area contributed by atoms with Gasteiger partial charge in [0.15, 0.2) is 0 Å². The number of hydrogen-bond acceptors (Lipinski definition) is 0. The summed E-state index contributed by atoms with van der Waals surface area (Å²) in [7, 11) is 0. The first-order chi connectivity index (χ1) is 7.27. The quantitative estimate of drug-likeness (QED) is 0.693. The van der Waals surface area contributed by atoms with Gasteiger partial charge < -0.3 is 0 Å². The minimum absolute atomic E-state index is 0.175. The second kappa shape index (κ2) is 4.26. The highest BCUT2D eigenvalue weighted by atomic mass is 19.1. The molecule has 1 radical (unpaired) electrons. The highest BCUT2D eigenvalue weighted by molar-refractivity contribution is 5.35. The van der Waals surface area contributed by atoms with Crippen molar-refractivity contribution in [2.45, 2.75) is 6.42 Å². The summed E-state index contributed by atoms with van der Waals surface area (Å²) in [4.78, 5) is 0. The third-order valence-corrected chi connectivity index (χ3v) is 2.44. The standard InChI is InChI=1S/C14H12F/c1-11-6-5-9-14(15)13(11)10-12-7-3-2-4-8-12/h2-9H,1,10H2. The van der Waals surface area contributed by atoms with Crippen molar-refractivity contribution in [2.24, 2.45) is 0 Å². The van der Waals surface area contributed by atoms with Crippen LogP contribution in [0, 0.1) is 12.7 Å². The van der Waals surface area contributed by atoms with Crippen molar-refractivity contribution < 1.29 is 4.39 Å². The minimum Gasteiger partial charge on any atom is -0.207 e. The van der Waals surface area contributed by atoms with Crippen LogP contribution in [0.25, 0.3) is 0 Å². The fraction of sp³-hybridized carbons (Fsp3) is 0.0714. The summed E-state index contributed by atoms with van der Waals surface area (Å²) in [5.74, 6) is -0.175. The molecular formula is C14H12F. The normalized spacial score (nSPS) is 10.3. The van der Waals surface area contributed by atoms with E-state index in [0.29, 0.717) is 12.0 Å². The molecule has 0 atom stereocenters. The van der Waals surface area contributed by atoms with E-state index in [1.165, 1.54) is 6.07 Å². The van der Waals surface area contributed by atoms with Crippen molar-refractivity contribution >= 4 is 0 Å². The maximum atomic E-state index is 13.5. The van der Waals surface area contributed by atoms with Crippen LogP contribution in [0.4, 0.5) is 4.39 Å². The van der Waals surface area contributed by atoms with Crippen LogP contribution in [0.3, 0.4) is 0 Å². The van der Waals surface area contributed by atoms with Crippen molar-refractivity contribution in [3.63, 3.8) is 0 Å². The van der Waals surface area contributed by atoms with E-state index in [1.54, 1.807) is 6.07 Å². The summed E-state index contributed by atoms with van der Waals surface area (Å²) in [6, 6.07) is 14.9. The van der Waals surface area contributed by atoms with Crippen molar-refractivity contribution in [3.05, 3.63) is 78.0 Å². The van der Waals surface area contributed by atoms with E-state index >= 15 is 0 Å². The van der Waals surface area contributed by atoms with Crippen LogP contribution in [0.2, 0.25) is 0 Å². The summed E-state index contributed by atoms with van der Waals surface area (Å²) in [5, 5.41) is 0. The fourth-order valence-electron chi connectivity index (χ4n) is 1.60. The van der Waals surface area contributed by atoms with E-state index in [1.807, 2.05) is 36.4 Å². The third-order valence-electron chi connectivity index (χ3n) is 2.44. The Morgan fingerprint density at radius 2 is 1.67 bits per heavy atom. The van der Waals surface area contributed by atoms with Gasteiger partial charge in [-0.1, -0.05) is 42.5 Å². The first-order valence-corrected chi connectivity index (χ1v) is 4.90. The van der Waals surface area contributed by atoms with E-state index in [4.69, 9.17) is 0 Å². The molecule has 1 heteroatoms. The van der Waals surface area contributed by atoms with Gasteiger partial charge in [0.25, 0.3) is 0 Å². The van der Waals surface area contributed by atoms with Gasteiger partial charge >= 0.3 is 0 Å². The maximum absolute atomic E-state index is 13.5. The first-order valence-electron chi connectivity index (χ1n) is 4.90. The minimum atomic E-state index is -0.175. The molecule has 0 N–H and O–H groups in total. The number of hydrogen-bond donors (Lipinski definition) is 0. The van der Waals surface area contributed by atoms with Gasteiger partial charge in [-0.25, -0.2) is 4.39 Å². The van der Waals surface area contributed by atoms with Crippen LogP contribution >= 0.6 is 0 Å². The van der Waals surface area contributed by atoms with Crippen LogP contribution in [0.1, 0.15) is 16.7 Å². The molecule has 0 aliphatic carbocycles. The molecule has 0 amide bonds. The Labute approximate surface area is 89.4 Å². The predicted molar refractivity (Wildman–Crippen MR) is 60.1 cm³/mol. The van der Waals surface area contributed by atoms with E-state index in [9.17, 15) is 4.39 Å². The predicted octanol–water partition coefficient (Wildman–Crippen LogP) is 3.60. The van der Waals surface area contributed by atoms with E-state index in [0.717, 1.165) is 11.1 Å². The lowest BCUT2D eigenvalue weighted by atomic mass is 10.0. The molecule has 0 heterocycles. The summed E-state index contributed by atoms with van der Waals surface area (Å²) in [5.41, 5.74) is 2.55. The second-order valence-corrected chi connectivity index (χ2v) is 3.54. The Bertz CT molecular complexity index is 426. The maximum Gasteiger partial charge on any atom is 0.127 e. The molecule has 0 spiro atoms. The molecule has 0 fully saturated rings. The molecule has 0 aliphatic rings. The molecule has 2 aromatic rings. The molecule has 0 aliphatic heterocycles. The summed E-state index contributed by atoms with van der Waals surface area (Å²) >= 11 is 0. The Morgan fingerprint density at radius 3 is 2.33 bits per heavy atom. The van der Waals surface area contributed by atoms with E-state index < -0.39 is 0 Å². The number of halogens is 1. The van der Waals surface area contributed by atoms with Crippen LogP contribution in [0.5, 0.6) is 0 Å². The fourth-order valence-corrected chi connectivity index (χ4v) is 1.60. The van der Waals surface area contributed by atoms with Crippen LogP contribution in [0.15, 0.2) is 48.5 Å². The van der Waals surface area contributed by atoms with Crippen molar-refractivity contribution in [2.75, 3.05) is 0 Å². The van der Waals surface area contributed by atoms with Gasteiger partial charge in [-0.05, 0) is 29.7 Å². The molecule has 15 heavy (non-hydrogen) atoms. The van der Waals surface area contributed by atoms with Crippen molar-refractivity contribution in [3.8, 4) is 0 Å². The molecule has 2 rings (SSSR count). The Balaban J connectivity index is 2.32. The smallest absolute Gasteiger partial charge is 0.127 e. The zero-order chi connectivity index (χ0) is 10.7. The summed E-state index contributed by atoms with van der Waals surface area (Å²) < 4.78 is 13.5. The Morgan fingerprint density at radius 1 is 0.933 bits per heavy atom. The number of benzene rings is 2. The van der Waals surface area contributed by atoms with Crippen LogP contribution in [-0.2, 0) is 6.42 Å². The highest BCUT2D eigenvalue weighted by Crippen LogP contribution is 2.16. The van der Waals surface area contributed by atoms with Gasteiger partial charge in [0.2, 0.25) is 0 Å². The lowest BCUT2D eigenvalue weighted by Gasteiger charge is -2.06. The monoisotopic (exact) mass is 199 g/mol. The van der Waals surface area contributed by atoms with Gasteiger partial charge in [-0.15, -0.1) is 0 Å². The molecule has 0 aromatic heterocycles. The lowest BCUT2D eigenvalue weighted by molar-refractivity contribution is 0.613. The van der Waals surface area contributed by atoms with Gasteiger partial charge in [0.1, 0.15) is 5.82 Å². The van der Waals surface area contributed by atoms with Crippen molar-refractivity contribution in [1.29, 1.82) is 0 Å². The molecule has 0 saturated heterocycles. The molecule has 0 nitrogen and oxygen atoms in total. The number of rotatable bonds is 2. The largest absolute Gasteiger partial charge is 0.207 e. The first kappa shape index (κ1) is 9.91. The zero-order valence-corrected chi connectivity index (χ0v) is 8.41. The van der Waals surface area contributed by atoms with Gasteiger partial charge in [-0.3, -0.25) is 0 Å². The average molecular weight is 199 g/mol. The van der Waals surface area contributed by atoms with Gasteiger partial charge in [0.05, 0.1) is 0 Å². The van der Waals surface area contributed by atoms with E-state index in [2.05, 4.69) is 6.92 Å². The molecule has 0 saturated carbocycles. The van der Waals surface area contributed by atoms with Gasteiger partial charge in [-0.2, -0.15) is 0 Å². The summed E-state index contributed by atoms with van der Waals surface area (Å²) in [6.45, 7) is 3.84. The Hall–Kier alpha value is -1.63. The lowest BCUT2D eigenvalue weighted by Crippen LogP contribution is -1.95.